The SMILES string of the molecule is CCOc1ccc(CNC(=O)c2nn(C)cc2[N+](=O)[O-])cc1OCC. The fourth-order valence-corrected chi connectivity index (χ4v) is 2.24. The number of carbonyl (C=O) groups excluding carboxylic acids is 1. The Balaban J connectivity index is 2.11. The first-order chi connectivity index (χ1) is 12.0. The highest BCUT2D eigenvalue weighted by molar-refractivity contribution is 5.95. The lowest BCUT2D eigenvalue weighted by Gasteiger charge is -2.12. The molecule has 0 saturated carbocycles. The Kier molecular flexibility index (Phi) is 5.93. The van der Waals surface area contributed by atoms with Gasteiger partial charge in [0.25, 0.3) is 5.91 Å². The first-order valence-corrected chi connectivity index (χ1v) is 7.81. The van der Waals surface area contributed by atoms with Crippen molar-refractivity contribution < 1.29 is 19.2 Å². The molecule has 2 aromatic rings. The summed E-state index contributed by atoms with van der Waals surface area (Å²) in [6.07, 6.45) is 1.19. The van der Waals surface area contributed by atoms with Crippen molar-refractivity contribution in [3.8, 4) is 11.5 Å². The zero-order valence-electron chi connectivity index (χ0n) is 14.3. The molecule has 0 fully saturated rings. The summed E-state index contributed by atoms with van der Waals surface area (Å²) in [6.45, 7) is 4.92. The maximum atomic E-state index is 12.2. The van der Waals surface area contributed by atoms with Crippen molar-refractivity contribution in [2.24, 2.45) is 7.05 Å². The van der Waals surface area contributed by atoms with Crippen LogP contribution in [0.4, 0.5) is 5.69 Å². The summed E-state index contributed by atoms with van der Waals surface area (Å²) in [5.41, 5.74) is 0.226. The van der Waals surface area contributed by atoms with Gasteiger partial charge in [-0.05, 0) is 31.5 Å². The molecule has 0 radical (unpaired) electrons. The molecule has 1 amide bonds. The van der Waals surface area contributed by atoms with Crippen molar-refractivity contribution in [3.05, 3.63) is 45.8 Å². The van der Waals surface area contributed by atoms with Crippen LogP contribution in [0, 0.1) is 10.1 Å². The van der Waals surface area contributed by atoms with Gasteiger partial charge in [0.15, 0.2) is 11.5 Å². The quantitative estimate of drug-likeness (QED) is 0.578. The predicted octanol–water partition coefficient (Wildman–Crippen LogP) is 2.06. The van der Waals surface area contributed by atoms with Crippen molar-refractivity contribution in [2.45, 2.75) is 20.4 Å². The molecule has 134 valence electrons. The third-order valence-electron chi connectivity index (χ3n) is 3.28. The van der Waals surface area contributed by atoms with Gasteiger partial charge in [0, 0.05) is 13.6 Å². The van der Waals surface area contributed by atoms with Crippen molar-refractivity contribution in [2.75, 3.05) is 13.2 Å². The predicted molar refractivity (Wildman–Crippen MR) is 89.8 cm³/mol. The van der Waals surface area contributed by atoms with Crippen LogP contribution < -0.4 is 14.8 Å². The number of nitrogens with one attached hydrogen (secondary N) is 1. The number of benzene rings is 1. The van der Waals surface area contributed by atoms with E-state index in [9.17, 15) is 14.9 Å². The second-order valence-corrected chi connectivity index (χ2v) is 5.12. The molecule has 2 rings (SSSR count). The van der Waals surface area contributed by atoms with Crippen molar-refractivity contribution in [3.63, 3.8) is 0 Å². The summed E-state index contributed by atoms with van der Waals surface area (Å²) in [6, 6.07) is 5.32. The molecule has 9 nitrogen and oxygen atoms in total. The highest BCUT2D eigenvalue weighted by Crippen LogP contribution is 2.28. The normalized spacial score (nSPS) is 10.4. The summed E-state index contributed by atoms with van der Waals surface area (Å²) >= 11 is 0. The van der Waals surface area contributed by atoms with Crippen molar-refractivity contribution in [1.29, 1.82) is 0 Å². The van der Waals surface area contributed by atoms with Gasteiger partial charge in [-0.15, -0.1) is 0 Å². The fraction of sp³-hybridized carbons (Fsp3) is 0.375. The van der Waals surface area contributed by atoms with Gasteiger partial charge in [0.2, 0.25) is 5.69 Å². The first-order valence-electron chi connectivity index (χ1n) is 7.81. The van der Waals surface area contributed by atoms with Gasteiger partial charge in [0.05, 0.1) is 18.1 Å². The lowest BCUT2D eigenvalue weighted by atomic mass is 10.2. The number of rotatable bonds is 8. The van der Waals surface area contributed by atoms with Gasteiger partial charge in [-0.2, -0.15) is 5.10 Å². The Morgan fingerprint density at radius 2 is 1.96 bits per heavy atom. The van der Waals surface area contributed by atoms with Crippen LogP contribution in [-0.4, -0.2) is 33.8 Å². The fourth-order valence-electron chi connectivity index (χ4n) is 2.24. The maximum absolute atomic E-state index is 12.2. The summed E-state index contributed by atoms with van der Waals surface area (Å²) in [7, 11) is 1.52. The van der Waals surface area contributed by atoms with Crippen LogP contribution in [0.5, 0.6) is 11.5 Å². The Labute approximate surface area is 144 Å². The van der Waals surface area contributed by atoms with Gasteiger partial charge < -0.3 is 14.8 Å². The van der Waals surface area contributed by atoms with Gasteiger partial charge >= 0.3 is 5.69 Å². The second-order valence-electron chi connectivity index (χ2n) is 5.12. The minimum Gasteiger partial charge on any atom is -0.490 e. The zero-order valence-corrected chi connectivity index (χ0v) is 14.3. The van der Waals surface area contributed by atoms with E-state index >= 15 is 0 Å². The van der Waals surface area contributed by atoms with Crippen LogP contribution in [0.1, 0.15) is 29.9 Å². The largest absolute Gasteiger partial charge is 0.490 e. The zero-order chi connectivity index (χ0) is 18.4. The number of aryl methyl sites for hydroxylation is 1. The number of amides is 1. The summed E-state index contributed by atoms with van der Waals surface area (Å²) < 4.78 is 12.3. The molecule has 0 spiro atoms. The number of hydrogen-bond acceptors (Lipinski definition) is 6. The number of carbonyl (C=O) groups is 1. The molecule has 0 aliphatic heterocycles. The second kappa shape index (κ2) is 8.13. The minimum atomic E-state index is -0.633. The van der Waals surface area contributed by atoms with E-state index in [0.717, 1.165) is 5.56 Å². The van der Waals surface area contributed by atoms with Crippen LogP contribution in [0.25, 0.3) is 0 Å². The Hall–Kier alpha value is -3.10. The van der Waals surface area contributed by atoms with Crippen LogP contribution in [0.3, 0.4) is 0 Å². The average molecular weight is 348 g/mol. The van der Waals surface area contributed by atoms with E-state index in [2.05, 4.69) is 10.4 Å². The molecule has 0 saturated heterocycles. The Morgan fingerprint density at radius 1 is 1.28 bits per heavy atom. The molecule has 0 aliphatic carbocycles. The maximum Gasteiger partial charge on any atom is 0.320 e. The molecule has 1 aromatic carbocycles. The van der Waals surface area contributed by atoms with E-state index in [4.69, 9.17) is 9.47 Å². The molecule has 9 heteroatoms. The molecule has 0 bridgehead atoms. The lowest BCUT2D eigenvalue weighted by molar-refractivity contribution is -0.385. The number of aromatic nitrogens is 2. The first kappa shape index (κ1) is 18.2. The van der Waals surface area contributed by atoms with Gasteiger partial charge in [-0.3, -0.25) is 19.6 Å². The lowest BCUT2D eigenvalue weighted by Crippen LogP contribution is -2.24. The van der Waals surface area contributed by atoms with Gasteiger partial charge in [-0.25, -0.2) is 0 Å². The average Bonchev–Trinajstić information content (AvgIpc) is 2.97. The molecular weight excluding hydrogens is 328 g/mol. The van der Waals surface area contributed by atoms with Crippen LogP contribution in [0.15, 0.2) is 24.4 Å². The summed E-state index contributed by atoms with van der Waals surface area (Å²) in [4.78, 5) is 22.5. The smallest absolute Gasteiger partial charge is 0.320 e. The van der Waals surface area contributed by atoms with E-state index in [0.29, 0.717) is 24.7 Å². The van der Waals surface area contributed by atoms with Crippen LogP contribution in [0.2, 0.25) is 0 Å². The summed E-state index contributed by atoms with van der Waals surface area (Å²) in [5.74, 6) is 0.596. The highest BCUT2D eigenvalue weighted by Gasteiger charge is 2.24. The van der Waals surface area contributed by atoms with Crippen molar-refractivity contribution in [1.82, 2.24) is 15.1 Å². The molecule has 0 aliphatic rings. The minimum absolute atomic E-state index is 0.180. The van der Waals surface area contributed by atoms with Crippen LogP contribution >= 0.6 is 0 Å². The molecule has 0 unspecified atom stereocenters. The number of nitro groups is 1. The van der Waals surface area contributed by atoms with Gasteiger partial charge in [0.1, 0.15) is 6.20 Å². The molecule has 0 atom stereocenters. The monoisotopic (exact) mass is 348 g/mol. The molecular formula is C16H20N4O5. The Morgan fingerprint density at radius 3 is 2.60 bits per heavy atom. The van der Waals surface area contributed by atoms with E-state index < -0.39 is 10.8 Å². The highest BCUT2D eigenvalue weighted by atomic mass is 16.6. The number of ether oxygens (including phenoxy) is 2. The third kappa shape index (κ3) is 4.46. The summed E-state index contributed by atoms with van der Waals surface area (Å²) in [5, 5.41) is 17.4. The third-order valence-corrected chi connectivity index (χ3v) is 3.28. The van der Waals surface area contributed by atoms with E-state index in [-0.39, 0.29) is 17.9 Å². The van der Waals surface area contributed by atoms with Gasteiger partial charge in [-0.1, -0.05) is 6.07 Å². The molecule has 25 heavy (non-hydrogen) atoms. The van der Waals surface area contributed by atoms with E-state index in [1.165, 1.54) is 17.9 Å². The van der Waals surface area contributed by atoms with E-state index in [1.54, 1.807) is 18.2 Å². The van der Waals surface area contributed by atoms with Crippen LogP contribution in [-0.2, 0) is 13.6 Å². The molecule has 1 N–H and O–H groups in total. The number of nitrogens with zero attached hydrogens (tertiary/aromatic N) is 3. The standard InChI is InChI=1S/C16H20N4O5/c1-4-24-13-7-6-11(8-14(13)25-5-2)9-17-16(21)15-12(20(22)23)10-19(3)18-15/h6-8,10H,4-5,9H2,1-3H3,(H,17,21). The van der Waals surface area contributed by atoms with Crippen molar-refractivity contribution >= 4 is 11.6 Å². The molecule has 1 aromatic heterocycles. The number of hydrogen-bond donors (Lipinski definition) is 1. The topological polar surface area (TPSA) is 109 Å². The Bertz CT molecular complexity index is 772. The molecule has 1 heterocycles. The van der Waals surface area contributed by atoms with E-state index in [1.807, 2.05) is 13.8 Å².